The molecule has 0 fully saturated rings. The second-order valence-electron chi connectivity index (χ2n) is 3.97. The van der Waals surface area contributed by atoms with Crippen LogP contribution in [0.1, 0.15) is 15.9 Å². The fourth-order valence-electron chi connectivity index (χ4n) is 1.60. The SMILES string of the molecule is N#Cc1ccsc1NC(=O)COc1ccccc1C(N)=O. The highest BCUT2D eigenvalue weighted by Crippen LogP contribution is 2.22. The van der Waals surface area contributed by atoms with E-state index >= 15 is 0 Å². The van der Waals surface area contributed by atoms with E-state index in [-0.39, 0.29) is 17.9 Å². The normalized spacial score (nSPS) is 9.67. The molecule has 0 aliphatic rings. The molecule has 3 N–H and O–H groups in total. The van der Waals surface area contributed by atoms with Gasteiger partial charge >= 0.3 is 0 Å². The van der Waals surface area contributed by atoms with Crippen LogP contribution in [0.2, 0.25) is 0 Å². The summed E-state index contributed by atoms with van der Waals surface area (Å²) in [4.78, 5) is 23.0. The molecule has 21 heavy (non-hydrogen) atoms. The number of nitrogens with zero attached hydrogens (tertiary/aromatic N) is 1. The Morgan fingerprint density at radius 1 is 1.33 bits per heavy atom. The van der Waals surface area contributed by atoms with E-state index < -0.39 is 11.8 Å². The molecule has 0 spiro atoms. The van der Waals surface area contributed by atoms with Crippen molar-refractivity contribution in [1.82, 2.24) is 0 Å². The molecule has 1 aromatic carbocycles. The van der Waals surface area contributed by atoms with Gasteiger partial charge in [-0.2, -0.15) is 5.26 Å². The minimum atomic E-state index is -0.629. The zero-order valence-corrected chi connectivity index (χ0v) is 11.6. The third kappa shape index (κ3) is 3.58. The number of benzene rings is 1. The highest BCUT2D eigenvalue weighted by Gasteiger charge is 2.12. The molecule has 0 atom stereocenters. The monoisotopic (exact) mass is 301 g/mol. The van der Waals surface area contributed by atoms with Gasteiger partial charge in [0.2, 0.25) is 0 Å². The van der Waals surface area contributed by atoms with Crippen LogP contribution >= 0.6 is 11.3 Å². The quantitative estimate of drug-likeness (QED) is 0.877. The molecule has 7 heteroatoms. The van der Waals surface area contributed by atoms with E-state index in [0.717, 1.165) is 0 Å². The third-order valence-electron chi connectivity index (χ3n) is 2.55. The van der Waals surface area contributed by atoms with Crippen LogP contribution in [0.25, 0.3) is 0 Å². The number of thiophene rings is 1. The maximum absolute atomic E-state index is 11.8. The van der Waals surface area contributed by atoms with Crippen LogP contribution < -0.4 is 15.8 Å². The van der Waals surface area contributed by atoms with E-state index in [0.29, 0.717) is 10.6 Å². The van der Waals surface area contributed by atoms with Crippen molar-refractivity contribution in [2.24, 2.45) is 5.73 Å². The van der Waals surface area contributed by atoms with Crippen molar-refractivity contribution in [2.75, 3.05) is 11.9 Å². The first-order valence-electron chi connectivity index (χ1n) is 5.91. The van der Waals surface area contributed by atoms with Gasteiger partial charge in [-0.05, 0) is 23.6 Å². The van der Waals surface area contributed by atoms with E-state index in [4.69, 9.17) is 15.7 Å². The van der Waals surface area contributed by atoms with Gasteiger partial charge in [0.25, 0.3) is 11.8 Å². The summed E-state index contributed by atoms with van der Waals surface area (Å²) in [5, 5.41) is 13.6. The maximum Gasteiger partial charge on any atom is 0.262 e. The van der Waals surface area contributed by atoms with Crippen LogP contribution in [0.5, 0.6) is 5.75 Å². The summed E-state index contributed by atoms with van der Waals surface area (Å²) in [7, 11) is 0. The summed E-state index contributed by atoms with van der Waals surface area (Å²) in [6.45, 7) is -0.285. The average Bonchev–Trinajstić information content (AvgIpc) is 2.92. The fourth-order valence-corrected chi connectivity index (χ4v) is 2.35. The standard InChI is InChI=1S/C14H11N3O3S/c15-7-9-5-6-21-14(9)17-12(18)8-20-11-4-2-1-3-10(11)13(16)19/h1-6H,8H2,(H2,16,19)(H,17,18). The van der Waals surface area contributed by atoms with Crippen molar-refractivity contribution in [3.63, 3.8) is 0 Å². The molecule has 0 saturated heterocycles. The number of nitriles is 1. The first-order chi connectivity index (χ1) is 10.1. The van der Waals surface area contributed by atoms with Crippen molar-refractivity contribution >= 4 is 28.2 Å². The molecule has 0 bridgehead atoms. The number of primary amides is 1. The average molecular weight is 301 g/mol. The number of para-hydroxylation sites is 1. The number of anilines is 1. The van der Waals surface area contributed by atoms with Crippen LogP contribution in [0.3, 0.4) is 0 Å². The molecule has 1 heterocycles. The molecule has 106 valence electrons. The lowest BCUT2D eigenvalue weighted by molar-refractivity contribution is -0.118. The predicted octanol–water partition coefficient (Wildman–Crippen LogP) is 1.74. The number of ether oxygens (including phenoxy) is 1. The Labute approximate surface area is 124 Å². The largest absolute Gasteiger partial charge is 0.483 e. The van der Waals surface area contributed by atoms with Crippen LogP contribution in [-0.2, 0) is 4.79 Å². The number of nitrogens with one attached hydrogen (secondary N) is 1. The molecule has 0 unspecified atom stereocenters. The van der Waals surface area contributed by atoms with Crippen molar-refractivity contribution in [3.8, 4) is 11.8 Å². The van der Waals surface area contributed by atoms with Crippen molar-refractivity contribution in [1.29, 1.82) is 5.26 Å². The van der Waals surface area contributed by atoms with Gasteiger partial charge in [-0.3, -0.25) is 9.59 Å². The molecular formula is C14H11N3O3S. The second kappa shape index (κ2) is 6.54. The van der Waals surface area contributed by atoms with Gasteiger partial charge in [0.05, 0.1) is 11.1 Å². The number of carbonyl (C=O) groups is 2. The predicted molar refractivity (Wildman–Crippen MR) is 78.1 cm³/mol. The van der Waals surface area contributed by atoms with Gasteiger partial charge in [-0.1, -0.05) is 12.1 Å². The molecule has 1 aromatic heterocycles. The first-order valence-corrected chi connectivity index (χ1v) is 6.79. The maximum atomic E-state index is 11.8. The molecule has 2 rings (SSSR count). The summed E-state index contributed by atoms with van der Waals surface area (Å²) in [6, 6.07) is 9.98. The number of hydrogen-bond acceptors (Lipinski definition) is 5. The molecule has 0 aliphatic heterocycles. The zero-order valence-electron chi connectivity index (χ0n) is 10.8. The van der Waals surface area contributed by atoms with Crippen LogP contribution in [-0.4, -0.2) is 18.4 Å². The molecule has 0 saturated carbocycles. The van der Waals surface area contributed by atoms with E-state index in [1.54, 1.807) is 29.6 Å². The fraction of sp³-hybridized carbons (Fsp3) is 0.0714. The minimum Gasteiger partial charge on any atom is -0.483 e. The lowest BCUT2D eigenvalue weighted by Crippen LogP contribution is -2.21. The van der Waals surface area contributed by atoms with Gasteiger partial charge in [0, 0.05) is 0 Å². The summed E-state index contributed by atoms with van der Waals surface area (Å²) in [6.07, 6.45) is 0. The number of nitrogens with two attached hydrogens (primary N) is 1. The Morgan fingerprint density at radius 2 is 2.10 bits per heavy atom. The lowest BCUT2D eigenvalue weighted by atomic mass is 10.2. The summed E-state index contributed by atoms with van der Waals surface area (Å²) in [5.74, 6) is -0.809. The number of rotatable bonds is 5. The summed E-state index contributed by atoms with van der Waals surface area (Å²) in [5.41, 5.74) is 5.82. The van der Waals surface area contributed by atoms with Crippen molar-refractivity contribution in [2.45, 2.75) is 0 Å². The van der Waals surface area contributed by atoms with Gasteiger partial charge < -0.3 is 15.8 Å². The third-order valence-corrected chi connectivity index (χ3v) is 3.38. The Bertz CT molecular complexity index is 718. The highest BCUT2D eigenvalue weighted by atomic mass is 32.1. The topological polar surface area (TPSA) is 105 Å². The minimum absolute atomic E-state index is 0.208. The number of hydrogen-bond donors (Lipinski definition) is 2. The van der Waals surface area contributed by atoms with Crippen molar-refractivity contribution < 1.29 is 14.3 Å². The van der Waals surface area contributed by atoms with E-state index in [9.17, 15) is 9.59 Å². The van der Waals surface area contributed by atoms with Gasteiger partial charge in [-0.15, -0.1) is 11.3 Å². The Morgan fingerprint density at radius 3 is 2.81 bits per heavy atom. The van der Waals surface area contributed by atoms with Crippen LogP contribution in [0.15, 0.2) is 35.7 Å². The summed E-state index contributed by atoms with van der Waals surface area (Å²) >= 11 is 1.25. The first kappa shape index (κ1) is 14.6. The Hall–Kier alpha value is -2.85. The highest BCUT2D eigenvalue weighted by molar-refractivity contribution is 7.14. The molecule has 2 aromatic rings. The van der Waals surface area contributed by atoms with Gasteiger partial charge in [0.1, 0.15) is 16.8 Å². The van der Waals surface area contributed by atoms with Gasteiger partial charge in [0.15, 0.2) is 6.61 Å². The molecular weight excluding hydrogens is 290 g/mol. The molecule has 6 nitrogen and oxygen atoms in total. The number of amides is 2. The van der Waals surface area contributed by atoms with Crippen molar-refractivity contribution in [3.05, 3.63) is 46.8 Å². The Balaban J connectivity index is 1.99. The smallest absolute Gasteiger partial charge is 0.262 e. The second-order valence-corrected chi connectivity index (χ2v) is 4.89. The molecule has 2 amide bonds. The molecule has 0 radical (unpaired) electrons. The Kier molecular flexibility index (Phi) is 4.53. The lowest BCUT2D eigenvalue weighted by Gasteiger charge is -2.09. The van der Waals surface area contributed by atoms with E-state index in [1.807, 2.05) is 6.07 Å². The van der Waals surface area contributed by atoms with Crippen LogP contribution in [0.4, 0.5) is 5.00 Å². The molecule has 0 aliphatic carbocycles. The zero-order chi connectivity index (χ0) is 15.2. The van der Waals surface area contributed by atoms with E-state index in [2.05, 4.69) is 5.32 Å². The summed E-state index contributed by atoms with van der Waals surface area (Å²) < 4.78 is 5.29. The van der Waals surface area contributed by atoms with Gasteiger partial charge in [-0.25, -0.2) is 0 Å². The number of carbonyl (C=O) groups excluding carboxylic acids is 2. The van der Waals surface area contributed by atoms with Crippen LogP contribution in [0, 0.1) is 11.3 Å². The van der Waals surface area contributed by atoms with E-state index in [1.165, 1.54) is 17.4 Å².